The third-order valence-corrected chi connectivity index (χ3v) is 5.86. The van der Waals surface area contributed by atoms with E-state index in [0.29, 0.717) is 36.3 Å². The molecule has 0 radical (unpaired) electrons. The van der Waals surface area contributed by atoms with Gasteiger partial charge in [0.25, 0.3) is 11.8 Å². The van der Waals surface area contributed by atoms with E-state index in [1.165, 1.54) is 0 Å². The number of nitrogens with zero attached hydrogens (tertiary/aromatic N) is 1. The van der Waals surface area contributed by atoms with Gasteiger partial charge in [0.15, 0.2) is 0 Å². The van der Waals surface area contributed by atoms with Gasteiger partial charge in [0.05, 0.1) is 0 Å². The van der Waals surface area contributed by atoms with Crippen molar-refractivity contribution in [3.63, 3.8) is 0 Å². The number of benzene rings is 3. The Bertz CT molecular complexity index is 1320. The molecule has 5 rings (SSSR count). The summed E-state index contributed by atoms with van der Waals surface area (Å²) in [5, 5.41) is 2.94. The van der Waals surface area contributed by atoms with Crippen LogP contribution in [0.1, 0.15) is 37.6 Å². The number of carbonyl (C=O) groups is 2. The van der Waals surface area contributed by atoms with Crippen LogP contribution in [-0.2, 0) is 13.0 Å². The molecule has 2 heterocycles. The van der Waals surface area contributed by atoms with Crippen LogP contribution >= 0.6 is 0 Å². The molecular weight excluding hydrogens is 412 g/mol. The van der Waals surface area contributed by atoms with E-state index in [1.807, 2.05) is 84.6 Å². The van der Waals surface area contributed by atoms with Gasteiger partial charge in [-0.1, -0.05) is 48.0 Å². The van der Waals surface area contributed by atoms with Gasteiger partial charge in [-0.2, -0.15) is 0 Å². The SMILES string of the molecule is Cc1cccc(C(=O)N2CCc3oc(-c4cccc(NC(=O)c5ccccc5)c4)cc3C2)c1. The van der Waals surface area contributed by atoms with Crippen LogP contribution in [0.5, 0.6) is 0 Å². The number of anilines is 1. The molecule has 0 atom stereocenters. The summed E-state index contributed by atoms with van der Waals surface area (Å²) < 4.78 is 6.14. The normalized spacial score (nSPS) is 12.8. The van der Waals surface area contributed by atoms with Gasteiger partial charge >= 0.3 is 0 Å². The second-order valence-electron chi connectivity index (χ2n) is 8.31. The van der Waals surface area contributed by atoms with E-state index in [9.17, 15) is 9.59 Å². The first-order valence-corrected chi connectivity index (χ1v) is 11.0. The molecule has 0 saturated carbocycles. The topological polar surface area (TPSA) is 62.6 Å². The molecule has 0 fully saturated rings. The van der Waals surface area contributed by atoms with Crippen molar-refractivity contribution in [2.24, 2.45) is 0 Å². The fourth-order valence-electron chi connectivity index (χ4n) is 4.15. The Hall–Kier alpha value is -4.12. The molecule has 0 saturated heterocycles. The van der Waals surface area contributed by atoms with Gasteiger partial charge in [-0.05, 0) is 49.4 Å². The lowest BCUT2D eigenvalue weighted by molar-refractivity contribution is 0.0729. The maximum Gasteiger partial charge on any atom is 0.255 e. The van der Waals surface area contributed by atoms with Crippen LogP contribution < -0.4 is 5.32 Å². The summed E-state index contributed by atoms with van der Waals surface area (Å²) in [5.74, 6) is 1.53. The average molecular weight is 437 g/mol. The molecule has 3 aromatic carbocycles. The van der Waals surface area contributed by atoms with Crippen molar-refractivity contribution >= 4 is 17.5 Å². The van der Waals surface area contributed by atoms with E-state index in [1.54, 1.807) is 12.1 Å². The monoisotopic (exact) mass is 436 g/mol. The molecule has 0 spiro atoms. The summed E-state index contributed by atoms with van der Waals surface area (Å²) in [5.41, 5.74) is 5.00. The fraction of sp³-hybridized carbons (Fsp3) is 0.143. The first-order valence-electron chi connectivity index (χ1n) is 11.0. The summed E-state index contributed by atoms with van der Waals surface area (Å²) in [6, 6.07) is 26.4. The molecule has 0 unspecified atom stereocenters. The summed E-state index contributed by atoms with van der Waals surface area (Å²) in [7, 11) is 0. The number of fused-ring (bicyclic) bond motifs is 1. The van der Waals surface area contributed by atoms with Crippen molar-refractivity contribution in [1.29, 1.82) is 0 Å². The molecule has 4 aromatic rings. The lowest BCUT2D eigenvalue weighted by Gasteiger charge is -2.26. The summed E-state index contributed by atoms with van der Waals surface area (Å²) in [6.45, 7) is 3.14. The lowest BCUT2D eigenvalue weighted by atomic mass is 10.1. The molecule has 1 aliphatic rings. The fourth-order valence-corrected chi connectivity index (χ4v) is 4.15. The third-order valence-electron chi connectivity index (χ3n) is 5.86. The lowest BCUT2D eigenvalue weighted by Crippen LogP contribution is -2.35. The van der Waals surface area contributed by atoms with Gasteiger partial charge in [-0.15, -0.1) is 0 Å². The Kier molecular flexibility index (Phi) is 5.53. The molecule has 1 aliphatic heterocycles. The molecule has 5 nitrogen and oxygen atoms in total. The predicted octanol–water partition coefficient (Wildman–Crippen LogP) is 5.71. The second-order valence-corrected chi connectivity index (χ2v) is 8.31. The van der Waals surface area contributed by atoms with Gasteiger partial charge in [-0.3, -0.25) is 9.59 Å². The molecule has 164 valence electrons. The Morgan fingerprint density at radius 2 is 1.67 bits per heavy atom. The van der Waals surface area contributed by atoms with Crippen molar-refractivity contribution in [2.75, 3.05) is 11.9 Å². The zero-order valence-electron chi connectivity index (χ0n) is 18.4. The smallest absolute Gasteiger partial charge is 0.255 e. The van der Waals surface area contributed by atoms with Crippen LogP contribution in [0.2, 0.25) is 0 Å². The van der Waals surface area contributed by atoms with Crippen LogP contribution in [0.4, 0.5) is 5.69 Å². The standard InChI is InChI=1S/C28H24N2O3/c1-19-7-5-11-22(15-19)28(32)30-14-13-25-23(18-30)17-26(33-25)21-10-6-12-24(16-21)29-27(31)20-8-3-2-4-9-20/h2-12,15-17H,13-14,18H2,1H3,(H,29,31). The van der Waals surface area contributed by atoms with Gasteiger partial charge in [0.2, 0.25) is 0 Å². The van der Waals surface area contributed by atoms with Crippen LogP contribution in [0.3, 0.4) is 0 Å². The van der Waals surface area contributed by atoms with E-state index in [0.717, 1.165) is 28.2 Å². The number of hydrogen-bond donors (Lipinski definition) is 1. The first kappa shape index (κ1) is 20.8. The minimum atomic E-state index is -0.156. The minimum absolute atomic E-state index is 0.0396. The van der Waals surface area contributed by atoms with Gasteiger partial charge in [0.1, 0.15) is 11.5 Å². The average Bonchev–Trinajstić information content (AvgIpc) is 3.28. The number of furan rings is 1. The molecule has 1 aromatic heterocycles. The van der Waals surface area contributed by atoms with Crippen LogP contribution in [-0.4, -0.2) is 23.3 Å². The Morgan fingerprint density at radius 1 is 0.879 bits per heavy atom. The molecule has 0 bridgehead atoms. The van der Waals surface area contributed by atoms with Crippen LogP contribution in [0, 0.1) is 6.92 Å². The Morgan fingerprint density at radius 3 is 2.48 bits per heavy atom. The highest BCUT2D eigenvalue weighted by Gasteiger charge is 2.25. The predicted molar refractivity (Wildman–Crippen MR) is 128 cm³/mol. The van der Waals surface area contributed by atoms with Gasteiger partial charge in [-0.25, -0.2) is 0 Å². The van der Waals surface area contributed by atoms with Gasteiger partial charge < -0.3 is 14.6 Å². The summed E-state index contributed by atoms with van der Waals surface area (Å²) >= 11 is 0. The van der Waals surface area contributed by atoms with E-state index in [4.69, 9.17) is 4.42 Å². The van der Waals surface area contributed by atoms with Crippen molar-refractivity contribution in [3.8, 4) is 11.3 Å². The van der Waals surface area contributed by atoms with E-state index in [-0.39, 0.29) is 11.8 Å². The van der Waals surface area contributed by atoms with Crippen molar-refractivity contribution < 1.29 is 14.0 Å². The quantitative estimate of drug-likeness (QED) is 0.446. The van der Waals surface area contributed by atoms with Crippen molar-refractivity contribution in [1.82, 2.24) is 4.90 Å². The maximum absolute atomic E-state index is 13.0. The number of amides is 2. The summed E-state index contributed by atoms with van der Waals surface area (Å²) in [6.07, 6.45) is 0.678. The Labute approximate surface area is 192 Å². The highest BCUT2D eigenvalue weighted by molar-refractivity contribution is 6.04. The molecule has 2 amide bonds. The Balaban J connectivity index is 1.33. The number of aryl methyl sites for hydroxylation is 1. The summed E-state index contributed by atoms with van der Waals surface area (Å²) in [4.78, 5) is 27.3. The van der Waals surface area contributed by atoms with E-state index in [2.05, 4.69) is 5.32 Å². The third kappa shape index (κ3) is 4.44. The second kappa shape index (κ2) is 8.79. The molecule has 5 heteroatoms. The van der Waals surface area contributed by atoms with Gasteiger partial charge in [0, 0.05) is 47.5 Å². The minimum Gasteiger partial charge on any atom is -0.461 e. The molecule has 0 aliphatic carbocycles. The zero-order chi connectivity index (χ0) is 22.8. The maximum atomic E-state index is 13.0. The van der Waals surface area contributed by atoms with Crippen molar-refractivity contribution in [3.05, 3.63) is 113 Å². The van der Waals surface area contributed by atoms with E-state index < -0.39 is 0 Å². The number of rotatable bonds is 4. The van der Waals surface area contributed by atoms with Crippen LogP contribution in [0.15, 0.2) is 89.3 Å². The van der Waals surface area contributed by atoms with Crippen LogP contribution in [0.25, 0.3) is 11.3 Å². The number of carbonyl (C=O) groups excluding carboxylic acids is 2. The molecular formula is C28H24N2O3. The van der Waals surface area contributed by atoms with E-state index >= 15 is 0 Å². The first-order chi connectivity index (χ1) is 16.1. The zero-order valence-corrected chi connectivity index (χ0v) is 18.4. The molecule has 1 N–H and O–H groups in total. The number of hydrogen-bond acceptors (Lipinski definition) is 3. The highest BCUT2D eigenvalue weighted by Crippen LogP contribution is 2.31. The highest BCUT2D eigenvalue weighted by atomic mass is 16.3. The number of nitrogens with one attached hydrogen (secondary N) is 1. The van der Waals surface area contributed by atoms with Crippen molar-refractivity contribution in [2.45, 2.75) is 19.9 Å². The largest absolute Gasteiger partial charge is 0.461 e. The molecule has 33 heavy (non-hydrogen) atoms.